The van der Waals surface area contributed by atoms with Crippen molar-refractivity contribution in [2.75, 3.05) is 5.32 Å². The largest absolute Gasteiger partial charge is 0.444 e. The predicted octanol–water partition coefficient (Wildman–Crippen LogP) is 3.12. The molecule has 2 aromatic rings. The van der Waals surface area contributed by atoms with Crippen molar-refractivity contribution in [2.45, 2.75) is 33.7 Å². The van der Waals surface area contributed by atoms with Crippen LogP contribution in [0.4, 0.5) is 5.00 Å². The fraction of sp³-hybridized carbons (Fsp3) is 0.417. The Hall–Kier alpha value is -1.69. The summed E-state index contributed by atoms with van der Waals surface area (Å²) in [6.07, 6.45) is 1.68. The minimum atomic E-state index is -0.100. The molecule has 0 fully saturated rings. The molecule has 0 aliphatic carbocycles. The van der Waals surface area contributed by atoms with Gasteiger partial charge in [0.2, 0.25) is 5.89 Å². The molecule has 6 heteroatoms. The van der Waals surface area contributed by atoms with Gasteiger partial charge in [-0.3, -0.25) is 4.79 Å². The lowest BCUT2D eigenvalue weighted by atomic mass is 10.2. The summed E-state index contributed by atoms with van der Waals surface area (Å²) in [6.45, 7) is 7.16. The summed E-state index contributed by atoms with van der Waals surface area (Å²) in [7, 11) is 0. The molecular formula is C12H15N3O2S. The van der Waals surface area contributed by atoms with Crippen LogP contribution >= 0.6 is 11.5 Å². The highest BCUT2D eigenvalue weighted by molar-refractivity contribution is 7.10. The highest BCUT2D eigenvalue weighted by Gasteiger charge is 2.18. The molecule has 2 aromatic heterocycles. The predicted molar refractivity (Wildman–Crippen MR) is 70.1 cm³/mol. The number of aryl methyl sites for hydroxylation is 2. The molecule has 0 aliphatic heterocycles. The van der Waals surface area contributed by atoms with Crippen LogP contribution in [-0.2, 0) is 0 Å². The zero-order valence-electron chi connectivity index (χ0n) is 10.8. The molecule has 1 N–H and O–H groups in total. The van der Waals surface area contributed by atoms with Crippen LogP contribution in [0.25, 0.3) is 0 Å². The van der Waals surface area contributed by atoms with Gasteiger partial charge in [0.05, 0.1) is 17.5 Å². The monoisotopic (exact) mass is 265 g/mol. The number of oxazole rings is 1. The lowest BCUT2D eigenvalue weighted by Gasteiger charge is -2.10. The fourth-order valence-electron chi connectivity index (χ4n) is 1.71. The van der Waals surface area contributed by atoms with E-state index in [-0.39, 0.29) is 11.8 Å². The second kappa shape index (κ2) is 4.89. The average molecular weight is 265 g/mol. The maximum atomic E-state index is 11.6. The molecule has 0 amide bonds. The van der Waals surface area contributed by atoms with Crippen molar-refractivity contribution < 1.29 is 9.21 Å². The van der Waals surface area contributed by atoms with Crippen molar-refractivity contribution in [1.82, 2.24) is 9.36 Å². The summed E-state index contributed by atoms with van der Waals surface area (Å²) >= 11 is 1.28. The number of Topliss-reactive ketones (excluding diaryl/α,β-unsaturated/α-hetero) is 1. The van der Waals surface area contributed by atoms with Gasteiger partial charge in [-0.15, -0.1) is 0 Å². The van der Waals surface area contributed by atoms with Crippen LogP contribution < -0.4 is 5.32 Å². The Balaban J connectivity index is 2.22. The second-order valence-corrected chi connectivity index (χ2v) is 4.98. The molecular weight excluding hydrogens is 250 g/mol. The number of anilines is 1. The molecule has 96 valence electrons. The highest BCUT2D eigenvalue weighted by Crippen LogP contribution is 2.28. The summed E-state index contributed by atoms with van der Waals surface area (Å²) in [6, 6.07) is -0.100. The Morgan fingerprint density at radius 2 is 2.22 bits per heavy atom. The molecule has 18 heavy (non-hydrogen) atoms. The Morgan fingerprint density at radius 1 is 1.50 bits per heavy atom. The highest BCUT2D eigenvalue weighted by atomic mass is 32.1. The Kier molecular flexibility index (Phi) is 3.47. The lowest BCUT2D eigenvalue weighted by Crippen LogP contribution is -2.08. The number of nitrogens with zero attached hydrogens (tertiary/aromatic N) is 2. The van der Waals surface area contributed by atoms with E-state index in [9.17, 15) is 4.79 Å². The van der Waals surface area contributed by atoms with E-state index in [1.165, 1.54) is 11.5 Å². The topological polar surface area (TPSA) is 68.0 Å². The van der Waals surface area contributed by atoms with E-state index >= 15 is 0 Å². The first-order valence-corrected chi connectivity index (χ1v) is 6.42. The molecule has 5 nitrogen and oxygen atoms in total. The maximum Gasteiger partial charge on any atom is 0.216 e. The third kappa shape index (κ3) is 2.43. The summed E-state index contributed by atoms with van der Waals surface area (Å²) < 4.78 is 9.65. The van der Waals surface area contributed by atoms with Crippen LogP contribution in [0.3, 0.4) is 0 Å². The van der Waals surface area contributed by atoms with Crippen LogP contribution in [0.2, 0.25) is 0 Å². The third-order valence-electron chi connectivity index (χ3n) is 2.57. The maximum absolute atomic E-state index is 11.6. The van der Waals surface area contributed by atoms with Gasteiger partial charge in [-0.25, -0.2) is 4.98 Å². The SMILES string of the molecule is CC(=O)c1c(C)nsc1NC(C)c1ncc(C)o1. The molecule has 0 spiro atoms. The summed E-state index contributed by atoms with van der Waals surface area (Å²) in [5.74, 6) is 1.39. The lowest BCUT2D eigenvalue weighted by molar-refractivity contribution is 0.101. The van der Waals surface area contributed by atoms with Crippen molar-refractivity contribution in [3.05, 3.63) is 29.1 Å². The number of carbonyl (C=O) groups is 1. The number of carbonyl (C=O) groups excluding carboxylic acids is 1. The van der Waals surface area contributed by atoms with E-state index in [1.807, 2.05) is 20.8 Å². The summed E-state index contributed by atoms with van der Waals surface area (Å²) in [5.41, 5.74) is 1.40. The van der Waals surface area contributed by atoms with Gasteiger partial charge < -0.3 is 9.73 Å². The molecule has 0 radical (unpaired) electrons. The molecule has 0 aromatic carbocycles. The fourth-order valence-corrected chi connectivity index (χ4v) is 2.65. The minimum Gasteiger partial charge on any atom is -0.444 e. The molecule has 0 bridgehead atoms. The molecule has 1 unspecified atom stereocenters. The van der Waals surface area contributed by atoms with E-state index in [0.717, 1.165) is 16.5 Å². The first kappa shape index (κ1) is 12.8. The normalized spacial score (nSPS) is 12.4. The number of aromatic nitrogens is 2. The van der Waals surface area contributed by atoms with Gasteiger partial charge in [-0.05, 0) is 39.2 Å². The van der Waals surface area contributed by atoms with Gasteiger partial charge in [-0.2, -0.15) is 4.37 Å². The zero-order chi connectivity index (χ0) is 13.3. The number of ketones is 1. The van der Waals surface area contributed by atoms with E-state index < -0.39 is 0 Å². The molecule has 0 saturated carbocycles. The van der Waals surface area contributed by atoms with Crippen molar-refractivity contribution >= 4 is 22.3 Å². The average Bonchev–Trinajstić information content (AvgIpc) is 2.85. The van der Waals surface area contributed by atoms with Crippen molar-refractivity contribution in [1.29, 1.82) is 0 Å². The van der Waals surface area contributed by atoms with Crippen LogP contribution in [0.5, 0.6) is 0 Å². The zero-order valence-corrected chi connectivity index (χ0v) is 11.6. The molecule has 2 rings (SSSR count). The second-order valence-electron chi connectivity index (χ2n) is 4.20. The van der Waals surface area contributed by atoms with Gasteiger partial charge >= 0.3 is 0 Å². The number of hydrogen-bond donors (Lipinski definition) is 1. The molecule has 1 atom stereocenters. The van der Waals surface area contributed by atoms with Crippen molar-refractivity contribution in [3.8, 4) is 0 Å². The third-order valence-corrected chi connectivity index (χ3v) is 3.44. The smallest absolute Gasteiger partial charge is 0.216 e. The Labute approximate surface area is 109 Å². The van der Waals surface area contributed by atoms with Gasteiger partial charge in [0.25, 0.3) is 0 Å². The van der Waals surface area contributed by atoms with Gasteiger partial charge in [0, 0.05) is 0 Å². The summed E-state index contributed by atoms with van der Waals surface area (Å²) in [5, 5.41) is 3.99. The van der Waals surface area contributed by atoms with Crippen molar-refractivity contribution in [2.24, 2.45) is 0 Å². The van der Waals surface area contributed by atoms with Gasteiger partial charge in [-0.1, -0.05) is 0 Å². The first-order valence-electron chi connectivity index (χ1n) is 5.65. The molecule has 0 aliphatic rings. The molecule has 0 saturated heterocycles. The quantitative estimate of drug-likeness (QED) is 0.860. The first-order chi connectivity index (χ1) is 8.49. The number of rotatable bonds is 4. The van der Waals surface area contributed by atoms with Crippen LogP contribution in [0.1, 0.15) is 47.6 Å². The van der Waals surface area contributed by atoms with Crippen molar-refractivity contribution in [3.63, 3.8) is 0 Å². The van der Waals surface area contributed by atoms with Crippen LogP contribution in [-0.4, -0.2) is 15.1 Å². The van der Waals surface area contributed by atoms with Crippen LogP contribution in [0.15, 0.2) is 10.6 Å². The number of nitrogens with one attached hydrogen (secondary N) is 1. The Morgan fingerprint density at radius 3 is 2.78 bits per heavy atom. The summed E-state index contributed by atoms with van der Waals surface area (Å²) in [4.78, 5) is 15.7. The minimum absolute atomic E-state index is 0.0135. The Bertz CT molecular complexity index is 574. The van der Waals surface area contributed by atoms with E-state index in [0.29, 0.717) is 11.5 Å². The molecule has 2 heterocycles. The standard InChI is InChI=1S/C12H15N3O2S/c1-6-5-13-11(17-6)8(3)14-12-10(9(4)16)7(2)15-18-12/h5,8,14H,1-4H3. The van der Waals surface area contributed by atoms with E-state index in [2.05, 4.69) is 14.7 Å². The van der Waals surface area contributed by atoms with Crippen LogP contribution in [0, 0.1) is 13.8 Å². The van der Waals surface area contributed by atoms with E-state index in [1.54, 1.807) is 13.1 Å². The van der Waals surface area contributed by atoms with Gasteiger partial charge in [0.15, 0.2) is 5.78 Å². The number of hydrogen-bond acceptors (Lipinski definition) is 6. The van der Waals surface area contributed by atoms with Gasteiger partial charge in [0.1, 0.15) is 16.8 Å². The van der Waals surface area contributed by atoms with E-state index in [4.69, 9.17) is 4.42 Å².